The van der Waals surface area contributed by atoms with Crippen molar-refractivity contribution in [2.24, 2.45) is 0 Å². The fourth-order valence-corrected chi connectivity index (χ4v) is 2.28. The van der Waals surface area contributed by atoms with E-state index in [1.807, 2.05) is 18.2 Å². The van der Waals surface area contributed by atoms with Crippen molar-refractivity contribution in [3.63, 3.8) is 0 Å². The van der Waals surface area contributed by atoms with Crippen molar-refractivity contribution in [3.05, 3.63) is 54.3 Å². The zero-order valence-corrected chi connectivity index (χ0v) is 11.6. The molecule has 1 unspecified atom stereocenters. The molecule has 5 nitrogen and oxygen atoms in total. The predicted molar refractivity (Wildman–Crippen MR) is 82.1 cm³/mol. The van der Waals surface area contributed by atoms with Crippen LogP contribution in [0.15, 0.2) is 48.5 Å². The molecule has 0 aromatic heterocycles. The van der Waals surface area contributed by atoms with Crippen LogP contribution >= 0.6 is 0 Å². The molecule has 3 rings (SSSR count). The lowest BCUT2D eigenvalue weighted by Crippen LogP contribution is -2.41. The van der Waals surface area contributed by atoms with E-state index < -0.39 is 17.8 Å². The summed E-state index contributed by atoms with van der Waals surface area (Å²) in [4.78, 5) is 24.0. The highest BCUT2D eigenvalue weighted by Gasteiger charge is 2.27. The van der Waals surface area contributed by atoms with E-state index in [4.69, 9.17) is 0 Å². The molecule has 112 valence electrons. The topological polar surface area (TPSA) is 70.2 Å². The third-order valence-electron chi connectivity index (χ3n) is 3.37. The third kappa shape index (κ3) is 2.90. The number of rotatable bonds is 3. The number of hydrogen-bond acceptors (Lipinski definition) is 3. The summed E-state index contributed by atoms with van der Waals surface area (Å²) in [7, 11) is 0. The van der Waals surface area contributed by atoms with Crippen LogP contribution in [0.1, 0.15) is 6.42 Å². The first-order valence-corrected chi connectivity index (χ1v) is 6.84. The summed E-state index contributed by atoms with van der Waals surface area (Å²) in [6, 6.07) is 12.4. The van der Waals surface area contributed by atoms with Crippen LogP contribution in [0.25, 0.3) is 0 Å². The van der Waals surface area contributed by atoms with Crippen molar-refractivity contribution >= 4 is 28.9 Å². The summed E-state index contributed by atoms with van der Waals surface area (Å²) in [5.74, 6) is -1.23. The molecule has 1 atom stereocenters. The maximum Gasteiger partial charge on any atom is 0.247 e. The van der Waals surface area contributed by atoms with Gasteiger partial charge in [-0.1, -0.05) is 24.3 Å². The van der Waals surface area contributed by atoms with Crippen molar-refractivity contribution in [2.45, 2.75) is 12.5 Å². The molecule has 0 spiro atoms. The Hall–Kier alpha value is -2.89. The molecule has 0 radical (unpaired) electrons. The SMILES string of the molecule is O=C(CC1Nc2ccccc2NC1=O)Nc1ccccc1F. The van der Waals surface area contributed by atoms with Crippen molar-refractivity contribution in [1.82, 2.24) is 0 Å². The Bertz CT molecular complexity index is 733. The van der Waals surface area contributed by atoms with Gasteiger partial charge in [0.1, 0.15) is 11.9 Å². The Labute approximate surface area is 126 Å². The van der Waals surface area contributed by atoms with E-state index in [2.05, 4.69) is 16.0 Å². The largest absolute Gasteiger partial charge is 0.372 e. The standard InChI is InChI=1S/C16H14FN3O2/c17-10-5-1-2-6-11(10)19-15(21)9-14-16(22)20-13-8-4-3-7-12(13)18-14/h1-8,14,18H,9H2,(H,19,21)(H,20,22). The average Bonchev–Trinajstić information content (AvgIpc) is 2.50. The molecule has 0 saturated carbocycles. The van der Waals surface area contributed by atoms with Gasteiger partial charge in [0.15, 0.2) is 0 Å². The number of para-hydroxylation sites is 3. The average molecular weight is 299 g/mol. The zero-order valence-electron chi connectivity index (χ0n) is 11.6. The van der Waals surface area contributed by atoms with Crippen LogP contribution in [0.2, 0.25) is 0 Å². The third-order valence-corrected chi connectivity index (χ3v) is 3.37. The molecule has 0 fully saturated rings. The fraction of sp³-hybridized carbons (Fsp3) is 0.125. The highest BCUT2D eigenvalue weighted by molar-refractivity contribution is 6.06. The van der Waals surface area contributed by atoms with Crippen LogP contribution in [0.5, 0.6) is 0 Å². The smallest absolute Gasteiger partial charge is 0.247 e. The summed E-state index contributed by atoms with van der Waals surface area (Å²) in [5, 5.41) is 8.21. The monoisotopic (exact) mass is 299 g/mol. The molecule has 3 N–H and O–H groups in total. The van der Waals surface area contributed by atoms with Gasteiger partial charge in [-0.25, -0.2) is 4.39 Å². The van der Waals surface area contributed by atoms with Gasteiger partial charge in [0.05, 0.1) is 23.5 Å². The number of amides is 2. The minimum atomic E-state index is -0.693. The molecule has 0 aliphatic carbocycles. The van der Waals surface area contributed by atoms with E-state index in [0.29, 0.717) is 5.69 Å². The van der Waals surface area contributed by atoms with Gasteiger partial charge >= 0.3 is 0 Å². The second-order valence-corrected chi connectivity index (χ2v) is 4.96. The Kier molecular flexibility index (Phi) is 3.74. The van der Waals surface area contributed by atoms with Gasteiger partial charge in [0.25, 0.3) is 0 Å². The number of carbonyl (C=O) groups is 2. The molecule has 2 aromatic carbocycles. The maximum atomic E-state index is 13.5. The lowest BCUT2D eigenvalue weighted by molar-refractivity contribution is -0.122. The summed E-state index contributed by atoms with van der Waals surface area (Å²) in [5.41, 5.74) is 1.54. The minimum Gasteiger partial charge on any atom is -0.372 e. The van der Waals surface area contributed by atoms with E-state index >= 15 is 0 Å². The van der Waals surface area contributed by atoms with E-state index in [-0.39, 0.29) is 18.0 Å². The number of benzene rings is 2. The number of hydrogen-bond donors (Lipinski definition) is 3. The molecular formula is C16H14FN3O2. The molecule has 0 bridgehead atoms. The molecule has 1 heterocycles. The number of halogens is 1. The molecule has 1 aliphatic rings. The van der Waals surface area contributed by atoms with Crippen molar-refractivity contribution in [2.75, 3.05) is 16.0 Å². The van der Waals surface area contributed by atoms with Gasteiger partial charge < -0.3 is 16.0 Å². The molecule has 2 aromatic rings. The summed E-state index contributed by atoms with van der Waals surface area (Å²) in [6.45, 7) is 0. The van der Waals surface area contributed by atoms with E-state index in [0.717, 1.165) is 5.69 Å². The van der Waals surface area contributed by atoms with Crippen LogP contribution in [0.3, 0.4) is 0 Å². The van der Waals surface area contributed by atoms with Crippen LogP contribution in [-0.2, 0) is 9.59 Å². The van der Waals surface area contributed by atoms with Gasteiger partial charge in [0, 0.05) is 0 Å². The highest BCUT2D eigenvalue weighted by atomic mass is 19.1. The van der Waals surface area contributed by atoms with Gasteiger partial charge in [-0.2, -0.15) is 0 Å². The van der Waals surface area contributed by atoms with Crippen LogP contribution in [0.4, 0.5) is 21.5 Å². The Balaban J connectivity index is 1.67. The summed E-state index contributed by atoms with van der Waals surface area (Å²) >= 11 is 0. The van der Waals surface area contributed by atoms with Gasteiger partial charge in [-0.15, -0.1) is 0 Å². The number of carbonyl (C=O) groups excluding carboxylic acids is 2. The second kappa shape index (κ2) is 5.85. The number of nitrogens with one attached hydrogen (secondary N) is 3. The Morgan fingerprint density at radius 1 is 1.09 bits per heavy atom. The first-order chi connectivity index (χ1) is 10.6. The van der Waals surface area contributed by atoms with Gasteiger partial charge in [0.2, 0.25) is 11.8 Å². The molecule has 22 heavy (non-hydrogen) atoms. The molecular weight excluding hydrogens is 285 g/mol. The minimum absolute atomic E-state index is 0.0888. The quantitative estimate of drug-likeness (QED) is 0.816. The van der Waals surface area contributed by atoms with Crippen LogP contribution in [-0.4, -0.2) is 17.9 Å². The van der Waals surface area contributed by atoms with E-state index in [9.17, 15) is 14.0 Å². The fourth-order valence-electron chi connectivity index (χ4n) is 2.28. The maximum absolute atomic E-state index is 13.5. The first-order valence-electron chi connectivity index (χ1n) is 6.84. The molecule has 6 heteroatoms. The predicted octanol–water partition coefficient (Wildman–Crippen LogP) is 2.59. The molecule has 1 aliphatic heterocycles. The molecule has 2 amide bonds. The Morgan fingerprint density at radius 2 is 1.77 bits per heavy atom. The lowest BCUT2D eigenvalue weighted by atomic mass is 10.1. The lowest BCUT2D eigenvalue weighted by Gasteiger charge is -2.26. The van der Waals surface area contributed by atoms with Gasteiger partial charge in [-0.05, 0) is 24.3 Å². The number of anilines is 3. The van der Waals surface area contributed by atoms with Gasteiger partial charge in [-0.3, -0.25) is 9.59 Å². The second-order valence-electron chi connectivity index (χ2n) is 4.96. The zero-order chi connectivity index (χ0) is 15.5. The van der Waals surface area contributed by atoms with Crippen molar-refractivity contribution in [3.8, 4) is 0 Å². The Morgan fingerprint density at radius 3 is 2.55 bits per heavy atom. The van der Waals surface area contributed by atoms with Crippen molar-refractivity contribution < 1.29 is 14.0 Å². The first kappa shape index (κ1) is 14.1. The van der Waals surface area contributed by atoms with E-state index in [1.165, 1.54) is 18.2 Å². The number of fused-ring (bicyclic) bond motifs is 1. The van der Waals surface area contributed by atoms with Crippen LogP contribution in [0, 0.1) is 5.82 Å². The normalized spacial score (nSPS) is 16.2. The van der Waals surface area contributed by atoms with Crippen LogP contribution < -0.4 is 16.0 Å². The van der Waals surface area contributed by atoms with E-state index in [1.54, 1.807) is 12.1 Å². The molecule has 0 saturated heterocycles. The van der Waals surface area contributed by atoms with Crippen molar-refractivity contribution in [1.29, 1.82) is 0 Å². The highest BCUT2D eigenvalue weighted by Crippen LogP contribution is 2.26. The summed E-state index contributed by atoms with van der Waals surface area (Å²) < 4.78 is 13.5. The summed E-state index contributed by atoms with van der Waals surface area (Å²) in [6.07, 6.45) is -0.0888.